The molecular formula is C28H35Cl2N3. The minimum Gasteiger partial charge on any atom is -0.361 e. The van der Waals surface area contributed by atoms with Crippen LogP contribution in [0.15, 0.2) is 72.9 Å². The van der Waals surface area contributed by atoms with Crippen molar-refractivity contribution in [2.75, 3.05) is 20.6 Å². The van der Waals surface area contributed by atoms with Crippen LogP contribution in [0.2, 0.25) is 0 Å². The summed E-state index contributed by atoms with van der Waals surface area (Å²) in [6.45, 7) is 1.04. The van der Waals surface area contributed by atoms with Crippen LogP contribution in [-0.4, -0.2) is 36.6 Å². The van der Waals surface area contributed by atoms with Gasteiger partial charge in [0.15, 0.2) is 0 Å². The molecule has 0 bridgehead atoms. The summed E-state index contributed by atoms with van der Waals surface area (Å²) in [6, 6.07) is 25.0. The van der Waals surface area contributed by atoms with Crippen LogP contribution in [0.25, 0.3) is 21.7 Å². The lowest BCUT2D eigenvalue weighted by molar-refractivity contribution is 0.0859. The molecule has 0 atom stereocenters. The van der Waals surface area contributed by atoms with E-state index in [1.807, 2.05) is 0 Å². The number of rotatable bonds is 6. The molecule has 5 heteroatoms. The van der Waals surface area contributed by atoms with Crippen molar-refractivity contribution in [3.05, 3.63) is 84.1 Å². The van der Waals surface area contributed by atoms with Gasteiger partial charge in [0.05, 0.1) is 0 Å². The molecule has 1 aliphatic carbocycles. The predicted molar refractivity (Wildman–Crippen MR) is 146 cm³/mol. The minimum atomic E-state index is 0. The van der Waals surface area contributed by atoms with Gasteiger partial charge in [0.1, 0.15) is 0 Å². The highest BCUT2D eigenvalue weighted by Gasteiger charge is 2.38. The van der Waals surface area contributed by atoms with E-state index in [1.54, 1.807) is 0 Å². The third-order valence-corrected chi connectivity index (χ3v) is 7.46. The Kier molecular flexibility index (Phi) is 8.47. The standard InChI is InChI=1S/C28H33N3.2ClH/c1-31(2)28(24-12-11-21-7-3-4-8-22(21)19-24)16-13-25(14-17-28)29-18-15-23-20-30-27-10-6-5-9-26(23)27;;/h3-12,19-20,25,29-30H,13-18H2,1-2H3;2*1H. The fourth-order valence-electron chi connectivity index (χ4n) is 5.52. The largest absolute Gasteiger partial charge is 0.361 e. The Morgan fingerprint density at radius 3 is 2.36 bits per heavy atom. The zero-order valence-corrected chi connectivity index (χ0v) is 21.1. The lowest BCUT2D eigenvalue weighted by Crippen LogP contribution is -2.48. The maximum absolute atomic E-state index is 3.85. The highest BCUT2D eigenvalue weighted by Crippen LogP contribution is 2.42. The van der Waals surface area contributed by atoms with Gasteiger partial charge in [0, 0.05) is 28.7 Å². The third kappa shape index (κ3) is 5.07. The van der Waals surface area contributed by atoms with Crippen molar-refractivity contribution in [1.29, 1.82) is 0 Å². The number of H-pyrrole nitrogens is 1. The molecule has 0 spiro atoms. The number of aromatic nitrogens is 1. The molecule has 1 fully saturated rings. The molecule has 1 saturated carbocycles. The van der Waals surface area contributed by atoms with Gasteiger partial charge in [-0.2, -0.15) is 0 Å². The summed E-state index contributed by atoms with van der Waals surface area (Å²) in [6.07, 6.45) is 8.08. The number of halogens is 2. The van der Waals surface area contributed by atoms with Crippen LogP contribution in [0, 0.1) is 0 Å². The summed E-state index contributed by atoms with van der Waals surface area (Å²) in [5, 5.41) is 7.88. The number of para-hydroxylation sites is 1. The molecule has 176 valence electrons. The van der Waals surface area contributed by atoms with E-state index in [0.717, 1.165) is 13.0 Å². The van der Waals surface area contributed by atoms with Crippen molar-refractivity contribution in [3.63, 3.8) is 0 Å². The van der Waals surface area contributed by atoms with Crippen molar-refractivity contribution >= 4 is 46.5 Å². The molecule has 0 radical (unpaired) electrons. The van der Waals surface area contributed by atoms with Crippen molar-refractivity contribution in [3.8, 4) is 0 Å². The van der Waals surface area contributed by atoms with Gasteiger partial charge in [-0.15, -0.1) is 24.8 Å². The first kappa shape index (κ1) is 25.6. The molecule has 0 amide bonds. The minimum absolute atomic E-state index is 0. The van der Waals surface area contributed by atoms with Gasteiger partial charge in [0.2, 0.25) is 0 Å². The zero-order chi connectivity index (χ0) is 21.3. The lowest BCUT2D eigenvalue weighted by atomic mass is 9.73. The van der Waals surface area contributed by atoms with Gasteiger partial charge >= 0.3 is 0 Å². The molecule has 33 heavy (non-hydrogen) atoms. The Balaban J connectivity index is 0.00000153. The number of aromatic amines is 1. The maximum atomic E-state index is 3.85. The van der Waals surface area contributed by atoms with Gasteiger partial charge in [-0.1, -0.05) is 54.6 Å². The van der Waals surface area contributed by atoms with Crippen LogP contribution in [0.3, 0.4) is 0 Å². The van der Waals surface area contributed by atoms with Crippen LogP contribution in [0.1, 0.15) is 36.8 Å². The van der Waals surface area contributed by atoms with E-state index >= 15 is 0 Å². The molecule has 1 heterocycles. The second-order valence-electron chi connectivity index (χ2n) is 9.33. The second-order valence-corrected chi connectivity index (χ2v) is 9.33. The fraction of sp³-hybridized carbons (Fsp3) is 0.357. The Morgan fingerprint density at radius 1 is 0.909 bits per heavy atom. The molecule has 1 aromatic heterocycles. The summed E-state index contributed by atoms with van der Waals surface area (Å²) in [7, 11) is 4.50. The third-order valence-electron chi connectivity index (χ3n) is 7.46. The summed E-state index contributed by atoms with van der Waals surface area (Å²) in [5.74, 6) is 0. The molecule has 5 rings (SSSR count). The highest BCUT2D eigenvalue weighted by molar-refractivity contribution is 5.86. The van der Waals surface area contributed by atoms with Crippen LogP contribution in [-0.2, 0) is 12.0 Å². The SMILES string of the molecule is CN(C)C1(c2ccc3ccccc3c2)CCC(NCCc2c[nH]c3ccccc23)CC1.Cl.Cl. The van der Waals surface area contributed by atoms with Crippen LogP contribution in [0.4, 0.5) is 0 Å². The molecule has 0 saturated heterocycles. The molecule has 3 aromatic carbocycles. The fourth-order valence-corrected chi connectivity index (χ4v) is 5.52. The van der Waals surface area contributed by atoms with Gasteiger partial charge in [-0.25, -0.2) is 0 Å². The number of benzene rings is 3. The molecule has 0 unspecified atom stereocenters. The van der Waals surface area contributed by atoms with E-state index in [9.17, 15) is 0 Å². The number of fused-ring (bicyclic) bond motifs is 2. The number of nitrogens with zero attached hydrogens (tertiary/aromatic N) is 1. The predicted octanol–water partition coefficient (Wildman–Crippen LogP) is 6.70. The molecule has 4 aromatic rings. The average molecular weight is 485 g/mol. The molecule has 0 aliphatic heterocycles. The summed E-state index contributed by atoms with van der Waals surface area (Å²) in [4.78, 5) is 5.85. The van der Waals surface area contributed by atoms with Crippen molar-refractivity contribution in [2.24, 2.45) is 0 Å². The topological polar surface area (TPSA) is 31.1 Å². The number of hydrogen-bond donors (Lipinski definition) is 2. The number of nitrogens with one attached hydrogen (secondary N) is 2. The monoisotopic (exact) mass is 483 g/mol. The molecule has 3 nitrogen and oxygen atoms in total. The van der Waals surface area contributed by atoms with E-state index < -0.39 is 0 Å². The Labute approximate surface area is 209 Å². The average Bonchev–Trinajstić information content (AvgIpc) is 3.22. The maximum Gasteiger partial charge on any atom is 0.0456 e. The molecular weight excluding hydrogens is 449 g/mol. The first-order valence-corrected chi connectivity index (χ1v) is 11.6. The second kappa shape index (κ2) is 10.9. The Bertz CT molecular complexity index is 1180. The Morgan fingerprint density at radius 2 is 1.61 bits per heavy atom. The van der Waals surface area contributed by atoms with E-state index in [0.29, 0.717) is 6.04 Å². The molecule has 1 aliphatic rings. The normalized spacial score (nSPS) is 20.5. The van der Waals surface area contributed by atoms with Crippen molar-refractivity contribution < 1.29 is 0 Å². The van der Waals surface area contributed by atoms with E-state index in [-0.39, 0.29) is 30.4 Å². The zero-order valence-electron chi connectivity index (χ0n) is 19.5. The van der Waals surface area contributed by atoms with E-state index in [4.69, 9.17) is 0 Å². The number of hydrogen-bond acceptors (Lipinski definition) is 2. The summed E-state index contributed by atoms with van der Waals surface area (Å²) < 4.78 is 0. The van der Waals surface area contributed by atoms with Gasteiger partial charge in [-0.05, 0) is 86.8 Å². The van der Waals surface area contributed by atoms with Gasteiger partial charge < -0.3 is 10.3 Å². The Hall–Kier alpha value is -2.04. The van der Waals surface area contributed by atoms with E-state index in [2.05, 4.69) is 102 Å². The summed E-state index contributed by atoms with van der Waals surface area (Å²) in [5.41, 5.74) is 4.26. The lowest BCUT2D eigenvalue weighted by Gasteiger charge is -2.46. The highest BCUT2D eigenvalue weighted by atomic mass is 35.5. The smallest absolute Gasteiger partial charge is 0.0456 e. The van der Waals surface area contributed by atoms with Crippen LogP contribution >= 0.6 is 24.8 Å². The van der Waals surface area contributed by atoms with E-state index in [1.165, 1.54) is 58.5 Å². The first-order valence-electron chi connectivity index (χ1n) is 11.6. The van der Waals surface area contributed by atoms with Crippen molar-refractivity contribution in [2.45, 2.75) is 43.7 Å². The molecule has 2 N–H and O–H groups in total. The van der Waals surface area contributed by atoms with Gasteiger partial charge in [-0.3, -0.25) is 4.90 Å². The quantitative estimate of drug-likeness (QED) is 0.319. The first-order chi connectivity index (χ1) is 15.2. The van der Waals surface area contributed by atoms with Crippen molar-refractivity contribution in [1.82, 2.24) is 15.2 Å². The summed E-state index contributed by atoms with van der Waals surface area (Å²) >= 11 is 0. The van der Waals surface area contributed by atoms with Crippen LogP contribution in [0.5, 0.6) is 0 Å². The van der Waals surface area contributed by atoms with Crippen LogP contribution < -0.4 is 5.32 Å². The van der Waals surface area contributed by atoms with Gasteiger partial charge in [0.25, 0.3) is 0 Å².